The molecule has 0 fully saturated rings. The van der Waals surface area contributed by atoms with Gasteiger partial charge in [-0.2, -0.15) is 8.42 Å². The Balaban J connectivity index is 2.31. The smallest absolute Gasteiger partial charge is 0.262 e. The summed E-state index contributed by atoms with van der Waals surface area (Å²) in [6.07, 6.45) is 0.409. The van der Waals surface area contributed by atoms with Gasteiger partial charge in [0.1, 0.15) is 0 Å². The van der Waals surface area contributed by atoms with Crippen molar-refractivity contribution in [3.8, 4) is 0 Å². The van der Waals surface area contributed by atoms with E-state index in [1.54, 1.807) is 0 Å². The Morgan fingerprint density at radius 3 is 2.76 bits per heavy atom. The molecular weight excluding hydrogens is 252 g/mol. The molecule has 1 heterocycles. The fourth-order valence-corrected chi connectivity index (χ4v) is 2.04. The first-order chi connectivity index (χ1) is 7.87. The SMILES string of the molecule is O=[N+]([O-])c1ccc2c(c1)CCN2OS(=O)(=O)O. The van der Waals surface area contributed by atoms with Crippen LogP contribution in [0.15, 0.2) is 18.2 Å². The molecule has 17 heavy (non-hydrogen) atoms. The maximum absolute atomic E-state index is 10.6. The minimum atomic E-state index is -4.58. The molecule has 1 aromatic carbocycles. The van der Waals surface area contributed by atoms with E-state index in [0.717, 1.165) is 5.06 Å². The summed E-state index contributed by atoms with van der Waals surface area (Å²) in [7, 11) is -4.58. The predicted octanol–water partition coefficient (Wildman–Crippen LogP) is 0.692. The van der Waals surface area contributed by atoms with Crippen molar-refractivity contribution in [2.24, 2.45) is 0 Å². The average Bonchev–Trinajstić information content (AvgIpc) is 2.58. The van der Waals surface area contributed by atoms with Gasteiger partial charge >= 0.3 is 10.4 Å². The number of non-ortho nitro benzene ring substituents is 1. The summed E-state index contributed by atoms with van der Waals surface area (Å²) in [5.74, 6) is 0. The fourth-order valence-electron chi connectivity index (χ4n) is 1.66. The quantitative estimate of drug-likeness (QED) is 0.483. The summed E-state index contributed by atoms with van der Waals surface area (Å²) < 4.78 is 34.0. The molecule has 0 aliphatic carbocycles. The van der Waals surface area contributed by atoms with E-state index in [4.69, 9.17) is 4.55 Å². The molecule has 1 aromatic rings. The van der Waals surface area contributed by atoms with E-state index < -0.39 is 15.3 Å². The largest absolute Gasteiger partial charge is 0.418 e. The van der Waals surface area contributed by atoms with Crippen molar-refractivity contribution in [2.45, 2.75) is 6.42 Å². The average molecular weight is 260 g/mol. The zero-order valence-corrected chi connectivity index (χ0v) is 9.25. The van der Waals surface area contributed by atoms with E-state index in [9.17, 15) is 18.5 Å². The second-order valence-corrected chi connectivity index (χ2v) is 4.43. The van der Waals surface area contributed by atoms with Crippen LogP contribution < -0.4 is 5.06 Å². The van der Waals surface area contributed by atoms with Crippen LogP contribution in [0.3, 0.4) is 0 Å². The van der Waals surface area contributed by atoms with Gasteiger partial charge in [0.05, 0.1) is 17.2 Å². The molecule has 1 aliphatic heterocycles. The molecule has 0 saturated carbocycles. The summed E-state index contributed by atoms with van der Waals surface area (Å²) in [6.45, 7) is 0.205. The Hall–Kier alpha value is -1.71. The predicted molar refractivity (Wildman–Crippen MR) is 56.8 cm³/mol. The van der Waals surface area contributed by atoms with E-state index in [1.165, 1.54) is 18.2 Å². The normalized spacial score (nSPS) is 14.8. The van der Waals surface area contributed by atoms with Gasteiger partial charge in [0.15, 0.2) is 0 Å². The van der Waals surface area contributed by atoms with Crippen LogP contribution in [0.1, 0.15) is 5.56 Å². The lowest BCUT2D eigenvalue weighted by Gasteiger charge is -2.14. The number of hydrogen-bond acceptors (Lipinski definition) is 6. The van der Waals surface area contributed by atoms with E-state index in [1.807, 2.05) is 0 Å². The van der Waals surface area contributed by atoms with Crippen LogP contribution in [0.2, 0.25) is 0 Å². The van der Waals surface area contributed by atoms with Gasteiger partial charge in [0.25, 0.3) is 5.69 Å². The molecule has 0 atom stereocenters. The van der Waals surface area contributed by atoms with Crippen LogP contribution >= 0.6 is 0 Å². The number of nitrogens with zero attached hydrogens (tertiary/aromatic N) is 2. The van der Waals surface area contributed by atoms with Crippen molar-refractivity contribution >= 4 is 21.8 Å². The van der Waals surface area contributed by atoms with Gasteiger partial charge in [0, 0.05) is 12.1 Å². The van der Waals surface area contributed by atoms with Gasteiger partial charge in [0.2, 0.25) is 0 Å². The summed E-state index contributed by atoms with van der Waals surface area (Å²) in [6, 6.07) is 3.97. The highest BCUT2D eigenvalue weighted by Gasteiger charge is 2.25. The monoisotopic (exact) mass is 260 g/mol. The molecule has 0 amide bonds. The first kappa shape index (κ1) is 11.8. The molecule has 92 valence electrons. The number of hydrogen-bond donors (Lipinski definition) is 1. The highest BCUT2D eigenvalue weighted by atomic mass is 32.3. The van der Waals surface area contributed by atoms with Crippen LogP contribution in [0.25, 0.3) is 0 Å². The maximum atomic E-state index is 10.6. The molecule has 0 unspecified atom stereocenters. The van der Waals surface area contributed by atoms with Crippen molar-refractivity contribution in [3.63, 3.8) is 0 Å². The van der Waals surface area contributed by atoms with Gasteiger partial charge in [-0.15, -0.1) is 4.28 Å². The van der Waals surface area contributed by atoms with Crippen molar-refractivity contribution in [3.05, 3.63) is 33.9 Å². The fraction of sp³-hybridized carbons (Fsp3) is 0.250. The Morgan fingerprint density at radius 1 is 1.47 bits per heavy atom. The first-order valence-corrected chi connectivity index (χ1v) is 5.95. The van der Waals surface area contributed by atoms with Crippen molar-refractivity contribution in [2.75, 3.05) is 11.6 Å². The molecule has 8 nitrogen and oxygen atoms in total. The van der Waals surface area contributed by atoms with Crippen molar-refractivity contribution in [1.82, 2.24) is 0 Å². The number of benzene rings is 1. The number of rotatable bonds is 3. The Labute approximate surface area is 96.5 Å². The molecule has 1 aliphatic rings. The number of nitro benzene ring substituents is 1. The maximum Gasteiger partial charge on any atom is 0.418 e. The third-order valence-corrected chi connectivity index (χ3v) is 2.68. The summed E-state index contributed by atoms with van der Waals surface area (Å²) in [5, 5.41) is 11.5. The van der Waals surface area contributed by atoms with Gasteiger partial charge in [-0.3, -0.25) is 14.7 Å². The Bertz CT molecular complexity index is 569. The van der Waals surface area contributed by atoms with E-state index >= 15 is 0 Å². The number of nitro groups is 1. The number of fused-ring (bicyclic) bond motifs is 1. The molecule has 9 heteroatoms. The lowest BCUT2D eigenvalue weighted by Crippen LogP contribution is -2.24. The summed E-state index contributed by atoms with van der Waals surface area (Å²) in [4.78, 5) is 10.0. The third-order valence-electron chi connectivity index (χ3n) is 2.31. The highest BCUT2D eigenvalue weighted by Crippen LogP contribution is 2.31. The van der Waals surface area contributed by atoms with Crippen LogP contribution in [-0.4, -0.2) is 24.4 Å². The van der Waals surface area contributed by atoms with Gasteiger partial charge in [-0.05, 0) is 18.1 Å². The molecule has 1 N–H and O–H groups in total. The lowest BCUT2D eigenvalue weighted by atomic mass is 10.1. The topological polar surface area (TPSA) is 110 Å². The van der Waals surface area contributed by atoms with Crippen molar-refractivity contribution < 1.29 is 22.2 Å². The molecule has 0 bridgehead atoms. The van der Waals surface area contributed by atoms with Crippen molar-refractivity contribution in [1.29, 1.82) is 0 Å². The number of hydroxylamine groups is 1. The number of anilines is 1. The minimum Gasteiger partial charge on any atom is -0.262 e. The zero-order valence-electron chi connectivity index (χ0n) is 8.44. The first-order valence-electron chi connectivity index (χ1n) is 4.59. The van der Waals surface area contributed by atoms with E-state index in [-0.39, 0.29) is 12.2 Å². The molecule has 2 rings (SSSR count). The lowest BCUT2D eigenvalue weighted by molar-refractivity contribution is -0.384. The Kier molecular flexibility index (Phi) is 2.73. The van der Waals surface area contributed by atoms with Gasteiger partial charge in [-0.1, -0.05) is 0 Å². The van der Waals surface area contributed by atoms with Gasteiger partial charge in [-0.25, -0.2) is 5.06 Å². The van der Waals surface area contributed by atoms with Crippen LogP contribution in [0.4, 0.5) is 11.4 Å². The van der Waals surface area contributed by atoms with E-state index in [0.29, 0.717) is 17.7 Å². The van der Waals surface area contributed by atoms with Crippen LogP contribution in [0, 0.1) is 10.1 Å². The second-order valence-electron chi connectivity index (χ2n) is 3.42. The molecule has 0 saturated heterocycles. The Morgan fingerprint density at radius 2 is 2.18 bits per heavy atom. The summed E-state index contributed by atoms with van der Waals surface area (Å²) >= 11 is 0. The summed E-state index contributed by atoms with van der Waals surface area (Å²) in [5.41, 5.74) is 0.925. The van der Waals surface area contributed by atoms with Gasteiger partial charge < -0.3 is 0 Å². The van der Waals surface area contributed by atoms with Crippen LogP contribution in [-0.2, 0) is 21.1 Å². The molecule has 0 spiro atoms. The second kappa shape index (κ2) is 3.95. The molecular formula is C8H8N2O6S. The molecule has 0 radical (unpaired) electrons. The minimum absolute atomic E-state index is 0.0718. The highest BCUT2D eigenvalue weighted by molar-refractivity contribution is 7.80. The standard InChI is InChI=1S/C8H8N2O6S/c11-10(12)7-1-2-8-6(5-7)3-4-9(8)16-17(13,14)15/h1-2,5H,3-4H2,(H,13,14,15). The third kappa shape index (κ3) is 2.52. The van der Waals surface area contributed by atoms with E-state index in [2.05, 4.69) is 4.28 Å². The van der Waals surface area contributed by atoms with Crippen LogP contribution in [0.5, 0.6) is 0 Å². The molecule has 0 aromatic heterocycles. The zero-order chi connectivity index (χ0) is 12.6.